The van der Waals surface area contributed by atoms with Crippen molar-refractivity contribution < 1.29 is 28.6 Å². The predicted molar refractivity (Wildman–Crippen MR) is 122 cm³/mol. The van der Waals surface area contributed by atoms with E-state index in [0.717, 1.165) is 4.47 Å². The fraction of sp³-hybridized carbons (Fsp3) is 0.250. The molecule has 2 heterocycles. The van der Waals surface area contributed by atoms with E-state index in [4.69, 9.17) is 13.9 Å². The number of hydrogen-bond donors (Lipinski definition) is 1. The number of halogens is 1. The number of ketones is 1. The second-order valence-electron chi connectivity index (χ2n) is 7.38. The third kappa shape index (κ3) is 3.91. The van der Waals surface area contributed by atoms with Gasteiger partial charge >= 0.3 is 0 Å². The highest BCUT2D eigenvalue weighted by atomic mass is 79.9. The van der Waals surface area contributed by atoms with Gasteiger partial charge in [0.05, 0.1) is 18.7 Å². The van der Waals surface area contributed by atoms with Gasteiger partial charge in [0.25, 0.3) is 5.91 Å². The highest BCUT2D eigenvalue weighted by Crippen LogP contribution is 2.40. The summed E-state index contributed by atoms with van der Waals surface area (Å²) in [6.07, 6.45) is 0.559. The Bertz CT molecular complexity index is 1210. The van der Waals surface area contributed by atoms with Crippen molar-refractivity contribution in [2.45, 2.75) is 12.5 Å². The first-order chi connectivity index (χ1) is 15.5. The van der Waals surface area contributed by atoms with E-state index in [-0.39, 0.29) is 11.3 Å². The molecule has 0 bridgehead atoms. The molecule has 8 heteroatoms. The molecular weight excluding hydrogens is 478 g/mol. The van der Waals surface area contributed by atoms with Crippen LogP contribution in [0.4, 0.5) is 0 Å². The molecule has 1 atom stereocenters. The van der Waals surface area contributed by atoms with Gasteiger partial charge in [-0.1, -0.05) is 40.2 Å². The number of fused-ring (bicyclic) bond motifs is 1. The largest absolute Gasteiger partial charge is 0.503 e. The number of benzene rings is 2. The first kappa shape index (κ1) is 22.1. The molecular formula is C24H22BrNO6. The minimum Gasteiger partial charge on any atom is -0.503 e. The number of ether oxygens (including phenoxy) is 2. The second-order valence-corrected chi connectivity index (χ2v) is 8.30. The van der Waals surface area contributed by atoms with Gasteiger partial charge in [0.1, 0.15) is 0 Å². The average molecular weight is 500 g/mol. The molecule has 1 N–H and O–H groups in total. The monoisotopic (exact) mass is 499 g/mol. The van der Waals surface area contributed by atoms with Crippen molar-refractivity contribution in [2.24, 2.45) is 0 Å². The number of methoxy groups -OCH3 is 2. The summed E-state index contributed by atoms with van der Waals surface area (Å²) in [5.41, 5.74) is 1.12. The van der Waals surface area contributed by atoms with Crippen molar-refractivity contribution in [3.05, 3.63) is 75.7 Å². The lowest BCUT2D eigenvalue weighted by atomic mass is 9.95. The van der Waals surface area contributed by atoms with Crippen molar-refractivity contribution in [1.29, 1.82) is 0 Å². The third-order valence-corrected chi connectivity index (χ3v) is 5.91. The number of amides is 1. The van der Waals surface area contributed by atoms with Crippen molar-refractivity contribution in [3.8, 4) is 5.75 Å². The number of rotatable bonds is 8. The van der Waals surface area contributed by atoms with Crippen molar-refractivity contribution in [3.63, 3.8) is 0 Å². The lowest BCUT2D eigenvalue weighted by Crippen LogP contribution is -2.32. The lowest BCUT2D eigenvalue weighted by Gasteiger charge is -2.26. The number of carbonyl (C=O) groups is 2. The van der Waals surface area contributed by atoms with Gasteiger partial charge in [-0.15, -0.1) is 0 Å². The number of furan rings is 1. The predicted octanol–water partition coefficient (Wildman–Crippen LogP) is 4.82. The average Bonchev–Trinajstić information content (AvgIpc) is 3.33. The topological polar surface area (TPSA) is 89.2 Å². The van der Waals surface area contributed by atoms with Gasteiger partial charge in [-0.2, -0.15) is 0 Å². The molecule has 32 heavy (non-hydrogen) atoms. The molecule has 2 aromatic carbocycles. The highest BCUT2D eigenvalue weighted by Gasteiger charge is 2.44. The zero-order valence-corrected chi connectivity index (χ0v) is 19.2. The smallest absolute Gasteiger partial charge is 0.290 e. The Labute approximate surface area is 193 Å². The molecule has 0 fully saturated rings. The number of aliphatic hydroxyl groups excluding tert-OH is 1. The Hall–Kier alpha value is -3.10. The van der Waals surface area contributed by atoms with Crippen molar-refractivity contribution >= 4 is 38.6 Å². The van der Waals surface area contributed by atoms with Crippen molar-refractivity contribution in [2.75, 3.05) is 27.4 Å². The molecule has 0 aliphatic carbocycles. The molecule has 1 aliphatic rings. The Morgan fingerprint density at radius 1 is 1.19 bits per heavy atom. The van der Waals surface area contributed by atoms with E-state index >= 15 is 0 Å². The van der Waals surface area contributed by atoms with Crippen LogP contribution in [-0.4, -0.2) is 49.1 Å². The fourth-order valence-electron chi connectivity index (χ4n) is 3.96. The molecule has 0 saturated heterocycles. The molecule has 0 spiro atoms. The molecule has 1 unspecified atom stereocenters. The van der Waals surface area contributed by atoms with Gasteiger partial charge in [-0.05, 0) is 36.2 Å². The van der Waals surface area contributed by atoms with Gasteiger partial charge < -0.3 is 23.9 Å². The Kier molecular flexibility index (Phi) is 6.34. The first-order valence-corrected chi connectivity index (χ1v) is 10.8. The number of carbonyl (C=O) groups excluding carboxylic acids is 2. The number of nitrogens with zero attached hydrogens (tertiary/aromatic N) is 1. The Morgan fingerprint density at radius 2 is 1.97 bits per heavy atom. The third-order valence-electron chi connectivity index (χ3n) is 5.41. The van der Waals surface area contributed by atoms with E-state index in [2.05, 4.69) is 15.9 Å². The molecule has 1 aromatic heterocycles. The molecule has 1 amide bonds. The molecule has 166 valence electrons. The van der Waals surface area contributed by atoms with Crippen LogP contribution in [0.25, 0.3) is 11.0 Å². The van der Waals surface area contributed by atoms with Gasteiger partial charge in [0.15, 0.2) is 22.9 Å². The second kappa shape index (κ2) is 9.18. The summed E-state index contributed by atoms with van der Waals surface area (Å²) >= 11 is 3.44. The number of para-hydroxylation sites is 1. The summed E-state index contributed by atoms with van der Waals surface area (Å²) in [6, 6.07) is 13.5. The molecule has 4 rings (SSSR count). The normalized spacial score (nSPS) is 16.3. The maximum absolute atomic E-state index is 13.5. The van der Waals surface area contributed by atoms with Crippen LogP contribution < -0.4 is 4.74 Å². The van der Waals surface area contributed by atoms with E-state index in [0.29, 0.717) is 41.9 Å². The van der Waals surface area contributed by atoms with Crippen molar-refractivity contribution in [1.82, 2.24) is 4.90 Å². The van der Waals surface area contributed by atoms with Crippen LogP contribution in [-0.2, 0) is 9.53 Å². The molecule has 0 radical (unpaired) electrons. The fourth-order valence-corrected chi connectivity index (χ4v) is 4.38. The summed E-state index contributed by atoms with van der Waals surface area (Å²) in [4.78, 5) is 28.0. The van der Waals surface area contributed by atoms with Crippen LogP contribution >= 0.6 is 15.9 Å². The van der Waals surface area contributed by atoms with Crippen LogP contribution in [0.2, 0.25) is 0 Å². The van der Waals surface area contributed by atoms with Crippen LogP contribution in [0.3, 0.4) is 0 Å². The minimum atomic E-state index is -0.750. The first-order valence-electron chi connectivity index (χ1n) is 10.1. The Balaban J connectivity index is 1.79. The molecule has 3 aromatic rings. The van der Waals surface area contributed by atoms with Gasteiger partial charge in [0, 0.05) is 30.1 Å². The zero-order chi connectivity index (χ0) is 22.8. The van der Waals surface area contributed by atoms with Gasteiger partial charge in [-0.3, -0.25) is 9.59 Å². The van der Waals surface area contributed by atoms with Crippen LogP contribution in [0.15, 0.2) is 68.8 Å². The van der Waals surface area contributed by atoms with Gasteiger partial charge in [0.2, 0.25) is 5.78 Å². The van der Waals surface area contributed by atoms with Crippen LogP contribution in [0.1, 0.15) is 28.6 Å². The van der Waals surface area contributed by atoms with E-state index in [1.54, 1.807) is 31.4 Å². The lowest BCUT2D eigenvalue weighted by molar-refractivity contribution is -0.129. The zero-order valence-electron chi connectivity index (χ0n) is 17.6. The maximum Gasteiger partial charge on any atom is 0.290 e. The molecule has 1 aliphatic heterocycles. The maximum atomic E-state index is 13.5. The van der Waals surface area contributed by atoms with Gasteiger partial charge in [-0.25, -0.2) is 0 Å². The van der Waals surface area contributed by atoms with Crippen LogP contribution in [0.5, 0.6) is 5.75 Å². The van der Waals surface area contributed by atoms with Crippen LogP contribution in [0, 0.1) is 0 Å². The highest BCUT2D eigenvalue weighted by molar-refractivity contribution is 9.10. The summed E-state index contributed by atoms with van der Waals surface area (Å²) < 4.78 is 17.0. The minimum absolute atomic E-state index is 0.0106. The van der Waals surface area contributed by atoms with E-state index in [1.165, 1.54) is 12.0 Å². The van der Waals surface area contributed by atoms with E-state index in [1.807, 2.05) is 24.3 Å². The number of aliphatic hydroxyl groups is 1. The SMILES string of the molecule is COCCCN1C(=O)C(O)=C(C(=O)c2cc3cccc(OC)c3o2)C1c1cccc(Br)c1. The summed E-state index contributed by atoms with van der Waals surface area (Å²) in [6.45, 7) is 0.765. The number of Topliss-reactive ketones (excluding diaryl/α,β-unsaturated/α-hetero) is 1. The summed E-state index contributed by atoms with van der Waals surface area (Å²) in [5, 5.41) is 11.4. The summed E-state index contributed by atoms with van der Waals surface area (Å²) in [7, 11) is 3.10. The molecule has 0 saturated carbocycles. The summed E-state index contributed by atoms with van der Waals surface area (Å²) in [5.74, 6) is -1.19. The Morgan fingerprint density at radius 3 is 2.69 bits per heavy atom. The van der Waals surface area contributed by atoms with E-state index < -0.39 is 23.5 Å². The molecule has 7 nitrogen and oxygen atoms in total. The quantitative estimate of drug-likeness (QED) is 0.353. The standard InChI is InChI=1S/C24H22BrNO6/c1-30-11-5-10-26-20(14-6-3-8-16(25)12-14)19(22(28)24(26)29)21(27)18-13-15-7-4-9-17(31-2)23(15)32-18/h3-4,6-9,12-13,20,28H,5,10-11H2,1-2H3. The number of hydrogen-bond acceptors (Lipinski definition) is 6. The van der Waals surface area contributed by atoms with E-state index in [9.17, 15) is 14.7 Å².